The molecule has 172 valence electrons. The summed E-state index contributed by atoms with van der Waals surface area (Å²) in [4.78, 5) is 25.2. The van der Waals surface area contributed by atoms with Crippen LogP contribution in [0.15, 0.2) is 48.9 Å². The molecule has 0 fully saturated rings. The summed E-state index contributed by atoms with van der Waals surface area (Å²) >= 11 is 14.0. The number of hydrogen-bond donors (Lipinski definition) is 2. The number of ether oxygens (including phenoxy) is 1. The summed E-state index contributed by atoms with van der Waals surface area (Å²) < 4.78 is 5.15. The molecule has 7 nitrogen and oxygen atoms in total. The molecule has 0 aliphatic carbocycles. The van der Waals surface area contributed by atoms with Gasteiger partial charge in [-0.05, 0) is 36.2 Å². The number of aromatic amines is 1. The molecule has 0 aliphatic heterocycles. The predicted molar refractivity (Wildman–Crippen MR) is 135 cm³/mol. The van der Waals surface area contributed by atoms with Crippen LogP contribution in [0.5, 0.6) is 0 Å². The van der Waals surface area contributed by atoms with Crippen molar-refractivity contribution in [2.24, 2.45) is 0 Å². The van der Waals surface area contributed by atoms with Crippen molar-refractivity contribution in [3.63, 3.8) is 0 Å². The minimum Gasteiger partial charge on any atom is -0.449 e. The minimum atomic E-state index is -0.574. The average molecular weight is 512 g/mol. The fourth-order valence-corrected chi connectivity index (χ4v) is 5.06. The molecular weight excluding hydrogens is 493 g/mol. The molecule has 10 heteroatoms. The maximum atomic E-state index is 12.1. The zero-order chi connectivity index (χ0) is 24.1. The first kappa shape index (κ1) is 23.8. The van der Waals surface area contributed by atoms with Gasteiger partial charge >= 0.3 is 6.09 Å². The molecule has 1 aromatic carbocycles. The van der Waals surface area contributed by atoms with E-state index in [-0.39, 0.29) is 0 Å². The number of imidazole rings is 1. The van der Waals surface area contributed by atoms with Gasteiger partial charge in [0.2, 0.25) is 0 Å². The molecule has 4 aromatic rings. The van der Waals surface area contributed by atoms with E-state index in [4.69, 9.17) is 27.9 Å². The lowest BCUT2D eigenvalue weighted by Crippen LogP contribution is -2.15. The number of rotatable bonds is 7. The van der Waals surface area contributed by atoms with E-state index in [2.05, 4.69) is 26.3 Å². The topological polar surface area (TPSA) is 104 Å². The van der Waals surface area contributed by atoms with Crippen molar-refractivity contribution in [1.29, 1.82) is 5.26 Å². The molecule has 0 aliphatic rings. The van der Waals surface area contributed by atoms with E-state index in [0.717, 1.165) is 17.7 Å². The third kappa shape index (κ3) is 5.07. The zero-order valence-corrected chi connectivity index (χ0v) is 20.4. The number of nitriles is 1. The number of H-pyrrole nitrogens is 1. The highest BCUT2D eigenvalue weighted by atomic mass is 35.5. The van der Waals surface area contributed by atoms with Gasteiger partial charge in [0.05, 0.1) is 21.9 Å². The van der Waals surface area contributed by atoms with Crippen LogP contribution in [-0.4, -0.2) is 27.7 Å². The maximum absolute atomic E-state index is 12.1. The van der Waals surface area contributed by atoms with Crippen molar-refractivity contribution in [3.8, 4) is 38.3 Å². The molecule has 1 amide bonds. The maximum Gasteiger partial charge on any atom is 0.412 e. The van der Waals surface area contributed by atoms with Crippen LogP contribution in [0.4, 0.5) is 10.6 Å². The third-order valence-electron chi connectivity index (χ3n) is 4.92. The van der Waals surface area contributed by atoms with Crippen LogP contribution in [0.2, 0.25) is 10.0 Å². The fraction of sp³-hybridized carbons (Fsp3) is 0.167. The van der Waals surface area contributed by atoms with Crippen LogP contribution in [-0.2, 0) is 4.74 Å². The average Bonchev–Trinajstić information content (AvgIpc) is 3.47. The molecule has 2 N–H and O–H groups in total. The number of thiophene rings is 1. The molecule has 3 aromatic heterocycles. The van der Waals surface area contributed by atoms with E-state index in [0.29, 0.717) is 55.4 Å². The Bertz CT molecular complexity index is 1360. The van der Waals surface area contributed by atoms with Crippen LogP contribution < -0.4 is 5.32 Å². The number of nitrogens with zero attached hydrogens (tertiary/aromatic N) is 3. The summed E-state index contributed by atoms with van der Waals surface area (Å²) in [5, 5.41) is 13.7. The summed E-state index contributed by atoms with van der Waals surface area (Å²) in [6.45, 7) is 2.35. The highest BCUT2D eigenvalue weighted by Gasteiger charge is 2.25. The summed E-state index contributed by atoms with van der Waals surface area (Å²) in [6.07, 6.45) is 6.06. The Labute approximate surface area is 210 Å². The number of halogens is 2. The van der Waals surface area contributed by atoms with Crippen molar-refractivity contribution >= 4 is 46.4 Å². The van der Waals surface area contributed by atoms with E-state index in [1.807, 2.05) is 6.92 Å². The predicted octanol–water partition coefficient (Wildman–Crippen LogP) is 7.39. The lowest BCUT2D eigenvalue weighted by atomic mass is 9.98. The number of nitrogens with one attached hydrogen (secondary N) is 2. The SMILES string of the molecule is CCCCOC(=O)Nc1cc(-c2sc(-c3ncc[nH]3)c(-c3ccc(Cl)cc3Cl)c2C#N)ccn1. The lowest BCUT2D eigenvalue weighted by Gasteiger charge is -2.08. The van der Waals surface area contributed by atoms with Gasteiger partial charge in [-0.2, -0.15) is 5.26 Å². The van der Waals surface area contributed by atoms with Crippen LogP contribution in [0.3, 0.4) is 0 Å². The van der Waals surface area contributed by atoms with Gasteiger partial charge in [-0.3, -0.25) is 5.32 Å². The number of hydrogen-bond acceptors (Lipinski definition) is 6. The smallest absolute Gasteiger partial charge is 0.412 e. The molecular formula is C24H19Cl2N5O2S. The van der Waals surface area contributed by atoms with Gasteiger partial charge in [-0.25, -0.2) is 14.8 Å². The van der Waals surface area contributed by atoms with Crippen molar-refractivity contribution in [2.75, 3.05) is 11.9 Å². The number of carbonyl (C=O) groups is 1. The van der Waals surface area contributed by atoms with Gasteiger partial charge in [0.25, 0.3) is 0 Å². The molecule has 0 radical (unpaired) electrons. The molecule has 0 unspecified atom stereocenters. The van der Waals surface area contributed by atoms with E-state index in [1.165, 1.54) is 11.3 Å². The van der Waals surface area contributed by atoms with Gasteiger partial charge in [-0.15, -0.1) is 11.3 Å². The number of pyridine rings is 1. The molecule has 0 bridgehead atoms. The highest BCUT2D eigenvalue weighted by Crippen LogP contribution is 2.48. The van der Waals surface area contributed by atoms with Gasteiger partial charge < -0.3 is 9.72 Å². The number of anilines is 1. The molecule has 0 atom stereocenters. The van der Waals surface area contributed by atoms with Crippen molar-refractivity contribution in [3.05, 3.63) is 64.5 Å². The second-order valence-electron chi connectivity index (χ2n) is 7.23. The largest absolute Gasteiger partial charge is 0.449 e. The highest BCUT2D eigenvalue weighted by molar-refractivity contribution is 7.19. The van der Waals surface area contributed by atoms with Gasteiger partial charge in [-0.1, -0.05) is 42.6 Å². The summed E-state index contributed by atoms with van der Waals surface area (Å²) in [5.74, 6) is 0.933. The Hall–Kier alpha value is -3.38. The van der Waals surface area contributed by atoms with E-state index < -0.39 is 6.09 Å². The molecule has 0 spiro atoms. The van der Waals surface area contributed by atoms with Gasteiger partial charge in [0.1, 0.15) is 17.7 Å². The van der Waals surface area contributed by atoms with Crippen LogP contribution in [0.1, 0.15) is 25.3 Å². The molecule has 34 heavy (non-hydrogen) atoms. The summed E-state index contributed by atoms with van der Waals surface area (Å²) in [6, 6.07) is 11.0. The van der Waals surface area contributed by atoms with Crippen LogP contribution in [0, 0.1) is 11.3 Å². The Morgan fingerprint density at radius 3 is 2.76 bits per heavy atom. The van der Waals surface area contributed by atoms with Crippen LogP contribution in [0.25, 0.3) is 32.3 Å². The third-order valence-corrected chi connectivity index (χ3v) is 6.71. The molecule has 3 heterocycles. The number of aromatic nitrogens is 3. The second kappa shape index (κ2) is 10.7. The summed E-state index contributed by atoms with van der Waals surface area (Å²) in [7, 11) is 0. The first-order chi connectivity index (χ1) is 16.5. The normalized spacial score (nSPS) is 10.6. The first-order valence-corrected chi connectivity index (χ1v) is 12.0. The number of amides is 1. The first-order valence-electron chi connectivity index (χ1n) is 10.4. The van der Waals surface area contributed by atoms with E-state index in [1.54, 1.807) is 48.9 Å². The molecule has 0 saturated heterocycles. The van der Waals surface area contributed by atoms with Gasteiger partial charge in [0, 0.05) is 39.8 Å². The standard InChI is InChI=1S/C24H19Cl2N5O2S/c1-2-3-10-33-24(32)31-19-11-14(6-7-28-19)21-17(13-27)20(16-5-4-15(25)12-18(16)26)22(34-21)23-29-8-9-30-23/h4-9,11-12H,2-3,10H2,1H3,(H,29,30)(H,28,31,32). The number of benzene rings is 1. The molecule has 4 rings (SSSR count). The van der Waals surface area contributed by atoms with Crippen molar-refractivity contribution in [1.82, 2.24) is 15.0 Å². The monoisotopic (exact) mass is 511 g/mol. The van der Waals surface area contributed by atoms with Crippen molar-refractivity contribution in [2.45, 2.75) is 19.8 Å². The fourth-order valence-electron chi connectivity index (χ4n) is 3.34. The Morgan fingerprint density at radius 2 is 2.06 bits per heavy atom. The lowest BCUT2D eigenvalue weighted by molar-refractivity contribution is 0.160. The minimum absolute atomic E-state index is 0.321. The Balaban J connectivity index is 1.79. The number of carbonyl (C=O) groups excluding carboxylic acids is 1. The quantitative estimate of drug-likeness (QED) is 0.251. The number of unbranched alkanes of at least 4 members (excludes halogenated alkanes) is 1. The molecule has 0 saturated carbocycles. The van der Waals surface area contributed by atoms with E-state index in [9.17, 15) is 10.1 Å². The zero-order valence-electron chi connectivity index (χ0n) is 18.1. The van der Waals surface area contributed by atoms with Crippen LogP contribution >= 0.6 is 34.5 Å². The second-order valence-corrected chi connectivity index (χ2v) is 9.09. The van der Waals surface area contributed by atoms with Crippen molar-refractivity contribution < 1.29 is 9.53 Å². The Kier molecular flexibility index (Phi) is 7.48. The Morgan fingerprint density at radius 1 is 1.21 bits per heavy atom. The summed E-state index contributed by atoms with van der Waals surface area (Å²) in [5.41, 5.74) is 2.47. The van der Waals surface area contributed by atoms with Gasteiger partial charge in [0.15, 0.2) is 0 Å². The van der Waals surface area contributed by atoms with E-state index >= 15 is 0 Å².